The van der Waals surface area contributed by atoms with Crippen LogP contribution in [0.2, 0.25) is 0 Å². The summed E-state index contributed by atoms with van der Waals surface area (Å²) in [6.45, 7) is 7.51. The van der Waals surface area contributed by atoms with Gasteiger partial charge in [-0.1, -0.05) is 32.5 Å². The third kappa shape index (κ3) is 2.84. The van der Waals surface area contributed by atoms with E-state index < -0.39 is 0 Å². The number of carbonyl (C=O) groups is 1. The summed E-state index contributed by atoms with van der Waals surface area (Å²) in [5.74, 6) is 1.86. The predicted octanol–water partition coefficient (Wildman–Crippen LogP) is 2.74. The first kappa shape index (κ1) is 17.6. The van der Waals surface area contributed by atoms with Crippen molar-refractivity contribution >= 4 is 17.7 Å². The van der Waals surface area contributed by atoms with Crippen molar-refractivity contribution in [1.82, 2.24) is 25.5 Å². The number of furan rings is 1. The van der Waals surface area contributed by atoms with E-state index in [0.717, 1.165) is 12.2 Å². The van der Waals surface area contributed by atoms with Crippen LogP contribution in [0.15, 0.2) is 28.0 Å². The van der Waals surface area contributed by atoms with E-state index in [9.17, 15) is 4.79 Å². The molecule has 0 aromatic carbocycles. The lowest BCUT2D eigenvalue weighted by molar-refractivity contribution is -0.120. The third-order valence-electron chi connectivity index (χ3n) is 6.85. The Labute approximate surface area is 157 Å². The van der Waals surface area contributed by atoms with Crippen LogP contribution in [-0.2, 0) is 11.3 Å². The van der Waals surface area contributed by atoms with Crippen molar-refractivity contribution in [1.29, 1.82) is 0 Å². The van der Waals surface area contributed by atoms with Crippen molar-refractivity contribution in [3.8, 4) is 0 Å². The molecule has 0 saturated heterocycles. The van der Waals surface area contributed by atoms with Gasteiger partial charge in [0.05, 0.1) is 12.0 Å². The zero-order valence-electron chi connectivity index (χ0n) is 15.4. The molecule has 2 aromatic rings. The molecule has 0 spiro atoms. The van der Waals surface area contributed by atoms with Gasteiger partial charge in [-0.3, -0.25) is 4.79 Å². The number of nitrogens with one attached hydrogen (secondary N) is 1. The molecule has 2 saturated carbocycles. The molecule has 2 heterocycles. The van der Waals surface area contributed by atoms with Gasteiger partial charge in [0.25, 0.3) is 0 Å². The molecule has 2 aromatic heterocycles. The fourth-order valence-corrected chi connectivity index (χ4v) is 5.43. The minimum absolute atomic E-state index is 0.0529. The Morgan fingerprint density at radius 3 is 2.96 bits per heavy atom. The Hall–Kier alpha value is -1.83. The largest absolute Gasteiger partial charge is 0.467 e. The van der Waals surface area contributed by atoms with Crippen LogP contribution in [0, 0.1) is 16.7 Å². The Morgan fingerprint density at radius 1 is 1.46 bits per heavy atom. The fraction of sp³-hybridized carbons (Fsp3) is 0.667. The van der Waals surface area contributed by atoms with E-state index in [1.165, 1.54) is 24.6 Å². The smallest absolute Gasteiger partial charge is 0.230 e. The molecule has 140 valence electrons. The van der Waals surface area contributed by atoms with Crippen molar-refractivity contribution in [2.75, 3.05) is 5.75 Å². The van der Waals surface area contributed by atoms with Gasteiger partial charge in [-0.15, -0.1) is 5.10 Å². The minimum atomic E-state index is 0.0529. The van der Waals surface area contributed by atoms with Crippen molar-refractivity contribution < 1.29 is 9.21 Å². The number of tetrazole rings is 1. The standard InChI is InChI=1S/C18H25N5O2S/c1-17(2)12-6-7-18(17,3)14(9-12)19-15(24)11-26-16-20-21-22-23(16)10-13-5-4-8-25-13/h4-5,8,12,14H,6-7,9-11H2,1-3H3,(H,19,24). The molecular weight excluding hydrogens is 350 g/mol. The zero-order valence-corrected chi connectivity index (χ0v) is 16.3. The van der Waals surface area contributed by atoms with Gasteiger partial charge in [-0.2, -0.15) is 0 Å². The van der Waals surface area contributed by atoms with Gasteiger partial charge in [0.1, 0.15) is 12.3 Å². The van der Waals surface area contributed by atoms with E-state index in [-0.39, 0.29) is 17.4 Å². The van der Waals surface area contributed by atoms with Gasteiger partial charge in [0, 0.05) is 6.04 Å². The second-order valence-corrected chi connectivity index (χ2v) is 9.16. The second kappa shape index (κ2) is 6.40. The van der Waals surface area contributed by atoms with Gasteiger partial charge in [0.15, 0.2) is 0 Å². The van der Waals surface area contributed by atoms with Crippen LogP contribution in [0.5, 0.6) is 0 Å². The number of carbonyl (C=O) groups excluding carboxylic acids is 1. The van der Waals surface area contributed by atoms with Crippen molar-refractivity contribution in [2.45, 2.75) is 57.8 Å². The highest BCUT2D eigenvalue weighted by atomic mass is 32.2. The van der Waals surface area contributed by atoms with Gasteiger partial charge in [-0.05, 0) is 58.6 Å². The average molecular weight is 375 g/mol. The van der Waals surface area contributed by atoms with Crippen LogP contribution in [-0.4, -0.2) is 37.9 Å². The normalized spacial score (nSPS) is 29.2. The number of fused-ring (bicyclic) bond motifs is 2. The van der Waals surface area contributed by atoms with Crippen molar-refractivity contribution in [2.24, 2.45) is 16.7 Å². The molecule has 0 aliphatic heterocycles. The van der Waals surface area contributed by atoms with Gasteiger partial charge in [0.2, 0.25) is 11.1 Å². The molecule has 2 fully saturated rings. The van der Waals surface area contributed by atoms with E-state index >= 15 is 0 Å². The van der Waals surface area contributed by atoms with Crippen LogP contribution in [0.1, 0.15) is 45.8 Å². The SMILES string of the molecule is CC1(C)C2CCC1(C)C(NC(=O)CSc1nnnn1Cc1ccco1)C2. The molecule has 3 atom stereocenters. The van der Waals surface area contributed by atoms with E-state index in [2.05, 4.69) is 41.6 Å². The van der Waals surface area contributed by atoms with Gasteiger partial charge >= 0.3 is 0 Å². The number of hydrogen-bond acceptors (Lipinski definition) is 6. The Balaban J connectivity index is 1.34. The number of thioether (sulfide) groups is 1. The lowest BCUT2D eigenvalue weighted by atomic mass is 9.69. The van der Waals surface area contributed by atoms with E-state index in [1.807, 2.05) is 12.1 Å². The van der Waals surface area contributed by atoms with Crippen LogP contribution >= 0.6 is 11.8 Å². The highest BCUT2D eigenvalue weighted by molar-refractivity contribution is 7.99. The molecule has 1 N–H and O–H groups in total. The highest BCUT2D eigenvalue weighted by Gasteiger charge is 2.61. The van der Waals surface area contributed by atoms with E-state index in [0.29, 0.717) is 28.8 Å². The first-order chi connectivity index (χ1) is 12.4. The lowest BCUT2D eigenvalue weighted by Crippen LogP contribution is -2.47. The molecule has 4 rings (SSSR count). The summed E-state index contributed by atoms with van der Waals surface area (Å²) in [5.41, 5.74) is 0.490. The predicted molar refractivity (Wildman–Crippen MR) is 97.5 cm³/mol. The molecule has 1 amide bonds. The number of amides is 1. The summed E-state index contributed by atoms with van der Waals surface area (Å²) in [4.78, 5) is 12.5. The number of hydrogen-bond donors (Lipinski definition) is 1. The van der Waals surface area contributed by atoms with Crippen LogP contribution in [0.4, 0.5) is 0 Å². The fourth-order valence-electron chi connectivity index (χ4n) is 4.74. The topological polar surface area (TPSA) is 85.8 Å². The molecule has 0 radical (unpaired) electrons. The van der Waals surface area contributed by atoms with Gasteiger partial charge in [-0.25, -0.2) is 4.68 Å². The third-order valence-corrected chi connectivity index (χ3v) is 7.80. The summed E-state index contributed by atoms with van der Waals surface area (Å²) in [7, 11) is 0. The maximum Gasteiger partial charge on any atom is 0.230 e. The molecule has 3 unspecified atom stereocenters. The van der Waals surface area contributed by atoms with Crippen molar-refractivity contribution in [3.63, 3.8) is 0 Å². The molecule has 26 heavy (non-hydrogen) atoms. The Kier molecular flexibility index (Phi) is 4.33. The Morgan fingerprint density at radius 2 is 2.31 bits per heavy atom. The minimum Gasteiger partial charge on any atom is -0.467 e. The van der Waals surface area contributed by atoms with Crippen LogP contribution in [0.3, 0.4) is 0 Å². The monoisotopic (exact) mass is 375 g/mol. The summed E-state index contributed by atoms with van der Waals surface area (Å²) >= 11 is 1.36. The lowest BCUT2D eigenvalue weighted by Gasteiger charge is -2.39. The second-order valence-electron chi connectivity index (χ2n) is 8.22. The summed E-state index contributed by atoms with van der Waals surface area (Å²) in [5, 5.41) is 15.6. The maximum atomic E-state index is 12.5. The molecule has 2 aliphatic carbocycles. The zero-order chi connectivity index (χ0) is 18.4. The maximum absolute atomic E-state index is 12.5. The number of nitrogens with zero attached hydrogens (tertiary/aromatic N) is 4. The Bertz CT molecular complexity index is 787. The number of rotatable bonds is 6. The molecule has 2 bridgehead atoms. The van der Waals surface area contributed by atoms with E-state index in [1.54, 1.807) is 10.9 Å². The van der Waals surface area contributed by atoms with E-state index in [4.69, 9.17) is 4.42 Å². The average Bonchev–Trinajstić information content (AvgIpc) is 3.33. The molecule has 8 heteroatoms. The molecule has 2 aliphatic rings. The first-order valence-electron chi connectivity index (χ1n) is 9.11. The summed E-state index contributed by atoms with van der Waals surface area (Å²) < 4.78 is 6.98. The quantitative estimate of drug-likeness (QED) is 0.782. The van der Waals surface area contributed by atoms with Gasteiger partial charge < -0.3 is 9.73 Å². The summed E-state index contributed by atoms with van der Waals surface area (Å²) in [6, 6.07) is 3.97. The van der Waals surface area contributed by atoms with Crippen molar-refractivity contribution in [3.05, 3.63) is 24.2 Å². The molecule has 7 nitrogen and oxygen atoms in total. The van der Waals surface area contributed by atoms with Crippen LogP contribution in [0.25, 0.3) is 0 Å². The highest BCUT2D eigenvalue weighted by Crippen LogP contribution is 2.65. The summed E-state index contributed by atoms with van der Waals surface area (Å²) in [6.07, 6.45) is 5.20. The first-order valence-corrected chi connectivity index (χ1v) is 10.1. The number of aromatic nitrogens is 4. The molecular formula is C18H25N5O2S. The van der Waals surface area contributed by atoms with Crippen LogP contribution < -0.4 is 5.32 Å².